The molecule has 6 heteroatoms. The second kappa shape index (κ2) is 7.68. The van der Waals surface area contributed by atoms with Gasteiger partial charge in [0.2, 0.25) is 10.0 Å². The van der Waals surface area contributed by atoms with E-state index in [1.807, 2.05) is 26.0 Å². The Morgan fingerprint density at radius 1 is 0.958 bits per heavy atom. The van der Waals surface area contributed by atoms with E-state index in [0.29, 0.717) is 24.5 Å². The van der Waals surface area contributed by atoms with Gasteiger partial charge in [0, 0.05) is 6.54 Å². The summed E-state index contributed by atoms with van der Waals surface area (Å²) >= 11 is 0. The highest BCUT2D eigenvalue weighted by atomic mass is 32.2. The number of aryl methyl sites for hydroxylation is 2. The van der Waals surface area contributed by atoms with Crippen LogP contribution in [0.2, 0.25) is 0 Å². The molecular formula is C18H23NO4S. The molecule has 0 heterocycles. The predicted octanol–water partition coefficient (Wildman–Crippen LogP) is 2.84. The summed E-state index contributed by atoms with van der Waals surface area (Å²) in [5.74, 6) is 1.30. The Kier molecular flexibility index (Phi) is 5.85. The van der Waals surface area contributed by atoms with Crippen molar-refractivity contribution in [2.24, 2.45) is 0 Å². The third-order valence-corrected chi connectivity index (χ3v) is 5.34. The molecule has 0 saturated heterocycles. The fraction of sp³-hybridized carbons (Fsp3) is 0.333. The maximum absolute atomic E-state index is 12.3. The van der Waals surface area contributed by atoms with Crippen LogP contribution in [0, 0.1) is 13.8 Å². The van der Waals surface area contributed by atoms with Gasteiger partial charge in [0.1, 0.15) is 0 Å². The van der Waals surface area contributed by atoms with Crippen molar-refractivity contribution in [3.05, 3.63) is 53.1 Å². The molecule has 0 aliphatic heterocycles. The quantitative estimate of drug-likeness (QED) is 0.835. The summed E-state index contributed by atoms with van der Waals surface area (Å²) in [7, 11) is -0.324. The lowest BCUT2D eigenvalue weighted by Gasteiger charge is -2.13. The number of ether oxygens (including phenoxy) is 2. The third kappa shape index (κ3) is 4.27. The zero-order chi connectivity index (χ0) is 17.7. The first-order chi connectivity index (χ1) is 11.4. The molecular weight excluding hydrogens is 326 g/mol. The van der Waals surface area contributed by atoms with Crippen molar-refractivity contribution in [3.8, 4) is 11.5 Å². The van der Waals surface area contributed by atoms with E-state index in [9.17, 15) is 8.42 Å². The number of methoxy groups -OCH3 is 2. The van der Waals surface area contributed by atoms with Crippen molar-refractivity contribution in [3.63, 3.8) is 0 Å². The lowest BCUT2D eigenvalue weighted by Crippen LogP contribution is -2.26. The molecule has 24 heavy (non-hydrogen) atoms. The third-order valence-electron chi connectivity index (χ3n) is 3.86. The highest BCUT2D eigenvalue weighted by molar-refractivity contribution is 7.89. The smallest absolute Gasteiger partial charge is 0.240 e. The molecule has 0 aliphatic rings. The molecule has 0 amide bonds. The van der Waals surface area contributed by atoms with Crippen LogP contribution in [-0.2, 0) is 16.4 Å². The zero-order valence-corrected chi connectivity index (χ0v) is 15.2. The number of sulfonamides is 1. The zero-order valence-electron chi connectivity index (χ0n) is 14.4. The van der Waals surface area contributed by atoms with Gasteiger partial charge in [-0.25, -0.2) is 13.1 Å². The van der Waals surface area contributed by atoms with Crippen LogP contribution in [0.3, 0.4) is 0 Å². The number of benzene rings is 2. The van der Waals surface area contributed by atoms with Crippen LogP contribution in [0.15, 0.2) is 41.3 Å². The summed E-state index contributed by atoms with van der Waals surface area (Å²) in [5, 5.41) is 0. The van der Waals surface area contributed by atoms with Crippen molar-refractivity contribution in [1.29, 1.82) is 0 Å². The van der Waals surface area contributed by atoms with Gasteiger partial charge in [0.25, 0.3) is 0 Å². The van der Waals surface area contributed by atoms with E-state index >= 15 is 0 Å². The number of hydrogen-bond donors (Lipinski definition) is 1. The second-order valence-corrected chi connectivity index (χ2v) is 7.36. The maximum Gasteiger partial charge on any atom is 0.240 e. The summed E-state index contributed by atoms with van der Waals surface area (Å²) in [4.78, 5) is 0.275. The average molecular weight is 349 g/mol. The average Bonchev–Trinajstić information content (AvgIpc) is 2.56. The lowest BCUT2D eigenvalue weighted by molar-refractivity contribution is 0.354. The fourth-order valence-electron chi connectivity index (χ4n) is 2.41. The highest BCUT2D eigenvalue weighted by Gasteiger charge is 2.14. The Hall–Kier alpha value is -2.05. The largest absolute Gasteiger partial charge is 0.493 e. The fourth-order valence-corrected chi connectivity index (χ4v) is 3.44. The van der Waals surface area contributed by atoms with Gasteiger partial charge in [0.15, 0.2) is 11.5 Å². The van der Waals surface area contributed by atoms with Gasteiger partial charge in [0.05, 0.1) is 19.1 Å². The van der Waals surface area contributed by atoms with E-state index in [4.69, 9.17) is 9.47 Å². The van der Waals surface area contributed by atoms with Gasteiger partial charge in [-0.15, -0.1) is 0 Å². The van der Waals surface area contributed by atoms with Crippen LogP contribution in [0.5, 0.6) is 11.5 Å². The van der Waals surface area contributed by atoms with Crippen LogP contribution in [0.25, 0.3) is 0 Å². The number of nitrogens with one attached hydrogen (secondary N) is 1. The Morgan fingerprint density at radius 2 is 1.54 bits per heavy atom. The van der Waals surface area contributed by atoms with Gasteiger partial charge in [-0.1, -0.05) is 17.7 Å². The molecule has 2 rings (SSSR count). The summed E-state index contributed by atoms with van der Waals surface area (Å²) in [5.41, 5.74) is 3.07. The SMILES string of the molecule is COc1cc(C)c(CCNS(=O)(=O)c2ccc(C)cc2)cc1OC. The molecule has 0 saturated carbocycles. The van der Waals surface area contributed by atoms with E-state index < -0.39 is 10.0 Å². The number of hydrogen-bond acceptors (Lipinski definition) is 4. The minimum atomic E-state index is -3.49. The first kappa shape index (κ1) is 18.3. The topological polar surface area (TPSA) is 64.6 Å². The van der Waals surface area contributed by atoms with E-state index in [2.05, 4.69) is 4.72 Å². The van der Waals surface area contributed by atoms with Crippen LogP contribution >= 0.6 is 0 Å². The summed E-state index contributed by atoms with van der Waals surface area (Å²) < 4.78 is 37.8. The van der Waals surface area contributed by atoms with Crippen molar-refractivity contribution >= 4 is 10.0 Å². The molecule has 0 radical (unpaired) electrons. The molecule has 0 bridgehead atoms. The molecule has 0 spiro atoms. The Labute approximate surface area is 143 Å². The van der Waals surface area contributed by atoms with Crippen LogP contribution in [-0.4, -0.2) is 29.2 Å². The first-order valence-corrected chi connectivity index (χ1v) is 9.13. The Morgan fingerprint density at radius 3 is 2.12 bits per heavy atom. The minimum absolute atomic E-state index is 0.275. The standard InChI is InChI=1S/C18H23NO4S/c1-13-5-7-16(8-6-13)24(20,21)19-10-9-15-12-18(23-4)17(22-3)11-14(15)2/h5-8,11-12,19H,9-10H2,1-4H3. The van der Waals surface area contributed by atoms with E-state index in [1.54, 1.807) is 38.5 Å². The maximum atomic E-state index is 12.3. The normalized spacial score (nSPS) is 11.3. The van der Waals surface area contributed by atoms with Crippen LogP contribution in [0.4, 0.5) is 0 Å². The van der Waals surface area contributed by atoms with Crippen molar-refractivity contribution in [2.75, 3.05) is 20.8 Å². The summed E-state index contributed by atoms with van der Waals surface area (Å²) in [6.45, 7) is 4.20. The highest BCUT2D eigenvalue weighted by Crippen LogP contribution is 2.30. The lowest BCUT2D eigenvalue weighted by atomic mass is 10.0. The monoisotopic (exact) mass is 349 g/mol. The van der Waals surface area contributed by atoms with Crippen LogP contribution < -0.4 is 14.2 Å². The molecule has 2 aromatic carbocycles. The molecule has 130 valence electrons. The van der Waals surface area contributed by atoms with Crippen molar-refractivity contribution in [2.45, 2.75) is 25.2 Å². The van der Waals surface area contributed by atoms with E-state index in [1.165, 1.54) is 0 Å². The predicted molar refractivity (Wildman–Crippen MR) is 94.4 cm³/mol. The second-order valence-electron chi connectivity index (χ2n) is 5.59. The molecule has 0 atom stereocenters. The van der Waals surface area contributed by atoms with Gasteiger partial charge in [-0.3, -0.25) is 0 Å². The summed E-state index contributed by atoms with van der Waals surface area (Å²) in [6.07, 6.45) is 0.567. The molecule has 1 N–H and O–H groups in total. The van der Waals surface area contributed by atoms with E-state index in [-0.39, 0.29) is 4.90 Å². The first-order valence-electron chi connectivity index (χ1n) is 7.65. The Balaban J connectivity index is 2.07. The molecule has 2 aromatic rings. The van der Waals surface area contributed by atoms with Gasteiger partial charge < -0.3 is 9.47 Å². The van der Waals surface area contributed by atoms with Gasteiger partial charge >= 0.3 is 0 Å². The molecule has 0 aliphatic carbocycles. The Bertz CT molecular complexity index is 799. The van der Waals surface area contributed by atoms with E-state index in [0.717, 1.165) is 16.7 Å². The molecule has 5 nitrogen and oxygen atoms in total. The number of rotatable bonds is 7. The van der Waals surface area contributed by atoms with Crippen molar-refractivity contribution in [1.82, 2.24) is 4.72 Å². The molecule has 0 aromatic heterocycles. The minimum Gasteiger partial charge on any atom is -0.493 e. The summed E-state index contributed by atoms with van der Waals surface area (Å²) in [6, 6.07) is 10.6. The van der Waals surface area contributed by atoms with Gasteiger partial charge in [-0.2, -0.15) is 0 Å². The van der Waals surface area contributed by atoms with Crippen LogP contribution in [0.1, 0.15) is 16.7 Å². The van der Waals surface area contributed by atoms with Crippen molar-refractivity contribution < 1.29 is 17.9 Å². The molecule has 0 fully saturated rings. The van der Waals surface area contributed by atoms with Gasteiger partial charge in [-0.05, 0) is 55.7 Å². The molecule has 0 unspecified atom stereocenters.